The number of nitrogens with one attached hydrogen (secondary N) is 3. The van der Waals surface area contributed by atoms with Crippen LogP contribution in [0.3, 0.4) is 0 Å². The molecular formula is C40H41N3. The van der Waals surface area contributed by atoms with Gasteiger partial charge in [-0.1, -0.05) is 115 Å². The molecule has 1 aliphatic carbocycles. The lowest BCUT2D eigenvalue weighted by atomic mass is 9.90. The van der Waals surface area contributed by atoms with E-state index in [0.29, 0.717) is 0 Å². The largest absolute Gasteiger partial charge is 0.388 e. The maximum atomic E-state index is 5.50. The lowest BCUT2D eigenvalue weighted by Gasteiger charge is -2.17. The Balaban J connectivity index is 0.000000222. The summed E-state index contributed by atoms with van der Waals surface area (Å²) in [5.41, 5.74) is 12.7. The summed E-state index contributed by atoms with van der Waals surface area (Å²) in [5, 5.41) is 12.2. The summed E-state index contributed by atoms with van der Waals surface area (Å²) < 4.78 is 0. The molecule has 3 nitrogen and oxygen atoms in total. The molecule has 1 aliphatic rings. The Hall–Kier alpha value is -5.15. The second-order valence-electron chi connectivity index (χ2n) is 10.3. The van der Waals surface area contributed by atoms with Crippen LogP contribution in [0, 0.1) is 12.3 Å². The van der Waals surface area contributed by atoms with E-state index >= 15 is 0 Å². The zero-order valence-corrected chi connectivity index (χ0v) is 25.2. The molecule has 3 heteroatoms. The highest BCUT2D eigenvalue weighted by atomic mass is 14.9. The van der Waals surface area contributed by atoms with Gasteiger partial charge in [0.05, 0.1) is 0 Å². The molecular weight excluding hydrogens is 522 g/mol. The van der Waals surface area contributed by atoms with Crippen LogP contribution in [0.4, 0.5) is 11.4 Å². The molecule has 216 valence electrons. The number of hydrogen-bond donors (Lipinski definition) is 3. The van der Waals surface area contributed by atoms with Crippen molar-refractivity contribution < 1.29 is 0 Å². The summed E-state index contributed by atoms with van der Waals surface area (Å²) in [6.07, 6.45) is 8.90. The van der Waals surface area contributed by atoms with Gasteiger partial charge in [-0.15, -0.1) is 0 Å². The SMILES string of the molecule is C=N.CNc1ccc(-c2ccccc2)cc1-c1cc(C2=CC=CCC2)ccc1C.c1ccc(CNc2ccccc2)cc1. The fourth-order valence-corrected chi connectivity index (χ4v) is 5.11. The number of para-hydroxylation sites is 1. The third kappa shape index (κ3) is 8.67. The molecule has 6 rings (SSSR count). The number of hydrogen-bond acceptors (Lipinski definition) is 3. The van der Waals surface area contributed by atoms with Gasteiger partial charge in [0, 0.05) is 30.5 Å². The topological polar surface area (TPSA) is 47.9 Å². The van der Waals surface area contributed by atoms with E-state index in [1.807, 2.05) is 31.3 Å². The van der Waals surface area contributed by atoms with Crippen molar-refractivity contribution >= 4 is 23.7 Å². The van der Waals surface area contributed by atoms with Crippen LogP contribution in [0.5, 0.6) is 0 Å². The Kier molecular flexibility index (Phi) is 11.7. The third-order valence-electron chi connectivity index (χ3n) is 7.42. The second-order valence-corrected chi connectivity index (χ2v) is 10.3. The lowest BCUT2D eigenvalue weighted by molar-refractivity contribution is 1.05. The predicted octanol–water partition coefficient (Wildman–Crippen LogP) is 10.7. The Morgan fingerprint density at radius 2 is 1.30 bits per heavy atom. The van der Waals surface area contributed by atoms with Gasteiger partial charge in [-0.2, -0.15) is 0 Å². The fraction of sp³-hybridized carbons (Fsp3) is 0.125. The first-order valence-corrected chi connectivity index (χ1v) is 14.7. The van der Waals surface area contributed by atoms with Crippen molar-refractivity contribution in [3.05, 3.63) is 162 Å². The molecule has 0 heterocycles. The van der Waals surface area contributed by atoms with E-state index in [-0.39, 0.29) is 0 Å². The van der Waals surface area contributed by atoms with Gasteiger partial charge < -0.3 is 16.0 Å². The normalized spacial score (nSPS) is 11.6. The standard InChI is InChI=1S/C26H25N.C13H13N.CH3N/c1-19-13-14-22(20-9-5-3-6-10-20)17-24(19)25-18-23(15-16-26(25)27-2)21-11-7-4-8-12-21;1-3-7-12(8-4-1)11-14-13-9-5-2-6-10-13;1-2/h3-5,7-9,11-18,27H,6,10H2,1-2H3;1-10,14H,11H2;2H,1H2. The summed E-state index contributed by atoms with van der Waals surface area (Å²) >= 11 is 0. The van der Waals surface area contributed by atoms with Crippen molar-refractivity contribution in [2.75, 3.05) is 17.7 Å². The molecule has 0 atom stereocenters. The molecule has 0 unspecified atom stereocenters. The van der Waals surface area contributed by atoms with Crippen LogP contribution in [-0.4, -0.2) is 13.8 Å². The first-order valence-electron chi connectivity index (χ1n) is 14.7. The number of rotatable bonds is 7. The average Bonchev–Trinajstić information content (AvgIpc) is 3.10. The molecule has 0 aliphatic heterocycles. The number of benzene rings is 5. The molecule has 0 radical (unpaired) electrons. The molecule has 43 heavy (non-hydrogen) atoms. The fourth-order valence-electron chi connectivity index (χ4n) is 5.11. The van der Waals surface area contributed by atoms with Crippen LogP contribution >= 0.6 is 0 Å². The van der Waals surface area contributed by atoms with Gasteiger partial charge in [0.15, 0.2) is 0 Å². The van der Waals surface area contributed by atoms with E-state index in [1.165, 1.54) is 44.5 Å². The molecule has 5 aromatic carbocycles. The number of aryl methyl sites for hydroxylation is 1. The van der Waals surface area contributed by atoms with E-state index < -0.39 is 0 Å². The summed E-state index contributed by atoms with van der Waals surface area (Å²) in [7, 11) is 1.99. The quantitative estimate of drug-likeness (QED) is 0.173. The van der Waals surface area contributed by atoms with Crippen molar-refractivity contribution in [1.82, 2.24) is 0 Å². The van der Waals surface area contributed by atoms with E-state index in [0.717, 1.165) is 30.8 Å². The molecule has 0 spiro atoms. The minimum absolute atomic E-state index is 0.880. The minimum Gasteiger partial charge on any atom is -0.388 e. The maximum absolute atomic E-state index is 5.50. The van der Waals surface area contributed by atoms with Crippen molar-refractivity contribution in [2.45, 2.75) is 26.3 Å². The maximum Gasteiger partial charge on any atom is 0.0417 e. The Morgan fingerprint density at radius 1 is 0.674 bits per heavy atom. The van der Waals surface area contributed by atoms with E-state index in [9.17, 15) is 0 Å². The average molecular weight is 564 g/mol. The van der Waals surface area contributed by atoms with Gasteiger partial charge in [-0.05, 0) is 95.8 Å². The predicted molar refractivity (Wildman–Crippen MR) is 188 cm³/mol. The van der Waals surface area contributed by atoms with Gasteiger partial charge in [-0.25, -0.2) is 0 Å². The van der Waals surface area contributed by atoms with Gasteiger partial charge in [0.1, 0.15) is 0 Å². The Morgan fingerprint density at radius 3 is 1.95 bits per heavy atom. The molecule has 0 amide bonds. The first kappa shape index (κ1) is 30.8. The summed E-state index contributed by atoms with van der Waals surface area (Å²) in [6.45, 7) is 5.58. The number of anilines is 2. The molecule has 0 fully saturated rings. The van der Waals surface area contributed by atoms with Crippen molar-refractivity contribution in [1.29, 1.82) is 5.41 Å². The lowest BCUT2D eigenvalue weighted by Crippen LogP contribution is -1.98. The monoisotopic (exact) mass is 563 g/mol. The summed E-state index contributed by atoms with van der Waals surface area (Å²) in [4.78, 5) is 0. The summed E-state index contributed by atoms with van der Waals surface area (Å²) in [6, 6.07) is 44.8. The highest BCUT2D eigenvalue weighted by molar-refractivity contribution is 5.86. The van der Waals surface area contributed by atoms with Crippen LogP contribution in [0.15, 0.2) is 146 Å². The molecule has 5 aromatic rings. The smallest absolute Gasteiger partial charge is 0.0417 e. The molecule has 3 N–H and O–H groups in total. The van der Waals surface area contributed by atoms with E-state index in [2.05, 4.69) is 146 Å². The third-order valence-corrected chi connectivity index (χ3v) is 7.42. The molecule has 0 aromatic heterocycles. The van der Waals surface area contributed by atoms with Crippen LogP contribution in [0.2, 0.25) is 0 Å². The van der Waals surface area contributed by atoms with Crippen molar-refractivity contribution in [3.63, 3.8) is 0 Å². The van der Waals surface area contributed by atoms with E-state index in [4.69, 9.17) is 5.41 Å². The van der Waals surface area contributed by atoms with Crippen molar-refractivity contribution in [2.24, 2.45) is 0 Å². The molecule has 0 bridgehead atoms. The minimum atomic E-state index is 0.880. The highest BCUT2D eigenvalue weighted by Gasteiger charge is 2.12. The van der Waals surface area contributed by atoms with Crippen LogP contribution in [-0.2, 0) is 6.54 Å². The molecule has 0 saturated heterocycles. The van der Waals surface area contributed by atoms with Gasteiger partial charge in [0.2, 0.25) is 0 Å². The van der Waals surface area contributed by atoms with Gasteiger partial charge in [0.25, 0.3) is 0 Å². The first-order chi connectivity index (χ1) is 21.2. The van der Waals surface area contributed by atoms with Crippen molar-refractivity contribution in [3.8, 4) is 22.3 Å². The van der Waals surface area contributed by atoms with Crippen LogP contribution in [0.25, 0.3) is 27.8 Å². The number of allylic oxidation sites excluding steroid dienone is 4. The van der Waals surface area contributed by atoms with Gasteiger partial charge in [-0.3, -0.25) is 0 Å². The highest BCUT2D eigenvalue weighted by Crippen LogP contribution is 2.36. The van der Waals surface area contributed by atoms with Gasteiger partial charge >= 0.3 is 0 Å². The zero-order chi connectivity index (χ0) is 30.3. The van der Waals surface area contributed by atoms with Crippen LogP contribution < -0.4 is 10.6 Å². The Bertz CT molecular complexity index is 1580. The zero-order valence-electron chi connectivity index (χ0n) is 25.2. The van der Waals surface area contributed by atoms with E-state index in [1.54, 1.807) is 0 Å². The summed E-state index contributed by atoms with van der Waals surface area (Å²) in [5.74, 6) is 0. The Labute approximate surface area is 257 Å². The molecule has 0 saturated carbocycles. The van der Waals surface area contributed by atoms with Crippen LogP contribution in [0.1, 0.15) is 29.5 Å². The second kappa shape index (κ2) is 16.3.